The van der Waals surface area contributed by atoms with Crippen LogP contribution in [0.3, 0.4) is 0 Å². The third-order valence-electron chi connectivity index (χ3n) is 5.29. The summed E-state index contributed by atoms with van der Waals surface area (Å²) in [5.41, 5.74) is 6.36. The fourth-order valence-corrected chi connectivity index (χ4v) is 3.74. The molecule has 0 amide bonds. The highest BCUT2D eigenvalue weighted by Crippen LogP contribution is 2.51. The average Bonchev–Trinajstić information content (AvgIpc) is 2.40. The van der Waals surface area contributed by atoms with Crippen LogP contribution in [0.4, 0.5) is 0 Å². The van der Waals surface area contributed by atoms with Crippen molar-refractivity contribution >= 4 is 0 Å². The van der Waals surface area contributed by atoms with Crippen LogP contribution in [0.25, 0.3) is 0 Å². The first-order chi connectivity index (χ1) is 10.3. The number of aromatic hydroxyl groups is 2. The van der Waals surface area contributed by atoms with Crippen molar-refractivity contribution in [3.8, 4) is 11.5 Å². The Morgan fingerprint density at radius 2 is 1.00 bits per heavy atom. The quantitative estimate of drug-likeness (QED) is 0.835. The monoisotopic (exact) mass is 296 g/mol. The van der Waals surface area contributed by atoms with Crippen molar-refractivity contribution in [1.82, 2.24) is 0 Å². The minimum atomic E-state index is 0.0342. The van der Waals surface area contributed by atoms with Gasteiger partial charge in [-0.15, -0.1) is 0 Å². The highest BCUT2D eigenvalue weighted by Gasteiger charge is 2.41. The molecule has 1 saturated carbocycles. The molecule has 2 N–H and O–H groups in total. The molecule has 2 aromatic rings. The number of phenolic OH excluding ortho intramolecular Hbond substituents is 2. The van der Waals surface area contributed by atoms with Crippen molar-refractivity contribution in [3.63, 3.8) is 0 Å². The maximum absolute atomic E-state index is 10.0. The second kappa shape index (κ2) is 5.05. The van der Waals surface area contributed by atoms with E-state index in [-0.39, 0.29) is 5.41 Å². The van der Waals surface area contributed by atoms with Crippen molar-refractivity contribution < 1.29 is 10.2 Å². The van der Waals surface area contributed by atoms with Gasteiger partial charge in [-0.1, -0.05) is 30.7 Å². The molecular formula is C20H24O2. The predicted molar refractivity (Wildman–Crippen MR) is 89.8 cm³/mol. The standard InChI is InChI=1S/C20H24O2/c1-12-8-16(9-13(2)18(12)21)20(6-5-7-20)17-10-14(3)19(22)15(4)11-17/h8-11,21-22H,5-7H2,1-4H3. The van der Waals surface area contributed by atoms with Crippen LogP contribution in [0.15, 0.2) is 24.3 Å². The molecule has 2 heteroatoms. The topological polar surface area (TPSA) is 40.5 Å². The first kappa shape index (κ1) is 15.0. The van der Waals surface area contributed by atoms with Crippen LogP contribution in [0.5, 0.6) is 11.5 Å². The molecule has 0 aliphatic heterocycles. The number of benzene rings is 2. The zero-order valence-corrected chi connectivity index (χ0v) is 13.8. The lowest BCUT2D eigenvalue weighted by Gasteiger charge is -2.44. The Bertz CT molecular complexity index is 634. The fourth-order valence-electron chi connectivity index (χ4n) is 3.74. The van der Waals surface area contributed by atoms with E-state index in [2.05, 4.69) is 24.3 Å². The zero-order valence-electron chi connectivity index (χ0n) is 13.8. The smallest absolute Gasteiger partial charge is 0.121 e. The summed E-state index contributed by atoms with van der Waals surface area (Å²) >= 11 is 0. The molecule has 1 fully saturated rings. The molecule has 2 nitrogen and oxygen atoms in total. The molecule has 3 rings (SSSR count). The number of phenols is 2. The Balaban J connectivity index is 2.18. The van der Waals surface area contributed by atoms with Gasteiger partial charge in [0.05, 0.1) is 0 Å². The van der Waals surface area contributed by atoms with Crippen molar-refractivity contribution in [2.75, 3.05) is 0 Å². The van der Waals surface area contributed by atoms with Crippen molar-refractivity contribution in [3.05, 3.63) is 57.6 Å². The normalized spacial score (nSPS) is 16.4. The van der Waals surface area contributed by atoms with E-state index in [1.165, 1.54) is 17.5 Å². The van der Waals surface area contributed by atoms with Crippen LogP contribution in [-0.2, 0) is 5.41 Å². The van der Waals surface area contributed by atoms with E-state index in [0.717, 1.165) is 35.1 Å². The van der Waals surface area contributed by atoms with Crippen LogP contribution in [0.2, 0.25) is 0 Å². The van der Waals surface area contributed by atoms with E-state index >= 15 is 0 Å². The number of hydrogen-bond acceptors (Lipinski definition) is 2. The summed E-state index contributed by atoms with van der Waals surface area (Å²) in [6.07, 6.45) is 3.47. The molecular weight excluding hydrogens is 272 g/mol. The maximum atomic E-state index is 10.0. The van der Waals surface area contributed by atoms with Crippen LogP contribution < -0.4 is 0 Å². The minimum absolute atomic E-state index is 0.0342. The Hall–Kier alpha value is -1.96. The Labute approximate surface area is 132 Å². The predicted octanol–water partition coefficient (Wildman–Crippen LogP) is 4.80. The average molecular weight is 296 g/mol. The largest absolute Gasteiger partial charge is 0.507 e. The van der Waals surface area contributed by atoms with E-state index in [1.54, 1.807) is 0 Å². The second-order valence-corrected chi connectivity index (χ2v) is 6.85. The number of hydrogen-bond donors (Lipinski definition) is 2. The van der Waals surface area contributed by atoms with Gasteiger partial charge in [0.1, 0.15) is 11.5 Å². The van der Waals surface area contributed by atoms with Gasteiger partial charge in [-0.2, -0.15) is 0 Å². The Kier molecular flexibility index (Phi) is 3.43. The van der Waals surface area contributed by atoms with Crippen LogP contribution >= 0.6 is 0 Å². The van der Waals surface area contributed by atoms with E-state index in [4.69, 9.17) is 0 Å². The number of aryl methyl sites for hydroxylation is 4. The van der Waals surface area contributed by atoms with E-state index in [0.29, 0.717) is 11.5 Å². The van der Waals surface area contributed by atoms with Gasteiger partial charge in [-0.25, -0.2) is 0 Å². The number of rotatable bonds is 2. The lowest BCUT2D eigenvalue weighted by molar-refractivity contribution is 0.300. The molecule has 0 heterocycles. The minimum Gasteiger partial charge on any atom is -0.507 e. The molecule has 22 heavy (non-hydrogen) atoms. The van der Waals surface area contributed by atoms with E-state index in [9.17, 15) is 10.2 Å². The lowest BCUT2D eigenvalue weighted by Crippen LogP contribution is -2.35. The van der Waals surface area contributed by atoms with Gasteiger partial charge in [-0.05, 0) is 73.9 Å². The SMILES string of the molecule is Cc1cc(C2(c3cc(C)c(O)c(C)c3)CCC2)cc(C)c1O. The molecule has 2 aromatic carbocycles. The molecule has 0 bridgehead atoms. The van der Waals surface area contributed by atoms with Gasteiger partial charge in [0.15, 0.2) is 0 Å². The van der Waals surface area contributed by atoms with Crippen LogP contribution in [0.1, 0.15) is 52.6 Å². The lowest BCUT2D eigenvalue weighted by atomic mass is 9.60. The maximum Gasteiger partial charge on any atom is 0.121 e. The summed E-state index contributed by atoms with van der Waals surface area (Å²) in [5.74, 6) is 0.799. The summed E-state index contributed by atoms with van der Waals surface area (Å²) in [4.78, 5) is 0. The third kappa shape index (κ3) is 2.09. The Morgan fingerprint density at radius 3 is 1.23 bits per heavy atom. The van der Waals surface area contributed by atoms with Gasteiger partial charge >= 0.3 is 0 Å². The molecule has 0 radical (unpaired) electrons. The van der Waals surface area contributed by atoms with Gasteiger partial charge in [-0.3, -0.25) is 0 Å². The zero-order chi connectivity index (χ0) is 16.1. The molecule has 0 saturated heterocycles. The molecule has 116 valence electrons. The summed E-state index contributed by atoms with van der Waals surface area (Å²) in [7, 11) is 0. The van der Waals surface area contributed by atoms with Gasteiger partial charge < -0.3 is 10.2 Å². The highest BCUT2D eigenvalue weighted by atomic mass is 16.3. The summed E-state index contributed by atoms with van der Waals surface area (Å²) in [6.45, 7) is 7.86. The molecule has 0 aromatic heterocycles. The first-order valence-electron chi connectivity index (χ1n) is 7.96. The molecule has 0 unspecified atom stereocenters. The summed E-state index contributed by atoms with van der Waals surface area (Å²) in [6, 6.07) is 8.50. The molecule has 1 aliphatic rings. The third-order valence-corrected chi connectivity index (χ3v) is 5.29. The highest BCUT2D eigenvalue weighted by molar-refractivity contribution is 5.53. The van der Waals surface area contributed by atoms with Crippen molar-refractivity contribution in [2.45, 2.75) is 52.4 Å². The fraction of sp³-hybridized carbons (Fsp3) is 0.400. The van der Waals surface area contributed by atoms with Gasteiger partial charge in [0.25, 0.3) is 0 Å². The van der Waals surface area contributed by atoms with Crippen LogP contribution in [-0.4, -0.2) is 10.2 Å². The van der Waals surface area contributed by atoms with Gasteiger partial charge in [0.2, 0.25) is 0 Å². The van der Waals surface area contributed by atoms with Crippen molar-refractivity contribution in [1.29, 1.82) is 0 Å². The van der Waals surface area contributed by atoms with Gasteiger partial charge in [0, 0.05) is 5.41 Å². The first-order valence-corrected chi connectivity index (χ1v) is 7.96. The summed E-state index contributed by atoms with van der Waals surface area (Å²) in [5, 5.41) is 20.1. The second-order valence-electron chi connectivity index (χ2n) is 6.85. The Morgan fingerprint density at radius 1 is 0.682 bits per heavy atom. The molecule has 0 spiro atoms. The summed E-state index contributed by atoms with van der Waals surface area (Å²) < 4.78 is 0. The molecule has 0 atom stereocenters. The van der Waals surface area contributed by atoms with E-state index in [1.807, 2.05) is 27.7 Å². The van der Waals surface area contributed by atoms with E-state index < -0.39 is 0 Å². The van der Waals surface area contributed by atoms with Crippen molar-refractivity contribution in [2.24, 2.45) is 0 Å². The molecule has 1 aliphatic carbocycles. The van der Waals surface area contributed by atoms with Crippen LogP contribution in [0, 0.1) is 27.7 Å².